The first-order chi connectivity index (χ1) is 11.2. The molecule has 0 bridgehead atoms. The summed E-state index contributed by atoms with van der Waals surface area (Å²) >= 11 is 0. The molecule has 0 amide bonds. The van der Waals surface area contributed by atoms with Gasteiger partial charge in [-0.15, -0.1) is 0 Å². The van der Waals surface area contributed by atoms with Crippen LogP contribution in [0.25, 0.3) is 0 Å². The predicted molar refractivity (Wildman–Crippen MR) is 96.2 cm³/mol. The summed E-state index contributed by atoms with van der Waals surface area (Å²) in [7, 11) is 2.20. The maximum Gasteiger partial charge on any atom is 0.119 e. The van der Waals surface area contributed by atoms with Gasteiger partial charge in [-0.2, -0.15) is 0 Å². The fraction of sp³-hybridized carbons (Fsp3) is 0.429. The first kappa shape index (κ1) is 16.1. The Morgan fingerprint density at radius 1 is 1.04 bits per heavy atom. The van der Waals surface area contributed by atoms with Crippen molar-refractivity contribution in [2.45, 2.75) is 31.6 Å². The highest BCUT2D eigenvalue weighted by atomic mass is 16.5. The Balaban J connectivity index is 1.63. The maximum absolute atomic E-state index is 6.01. The average molecular weight is 309 g/mol. The van der Waals surface area contributed by atoms with Crippen molar-refractivity contribution in [2.75, 3.05) is 26.7 Å². The minimum absolute atomic E-state index is 0.336. The van der Waals surface area contributed by atoms with Crippen molar-refractivity contribution >= 4 is 0 Å². The fourth-order valence-corrected chi connectivity index (χ4v) is 3.80. The summed E-state index contributed by atoms with van der Waals surface area (Å²) < 4.78 is 6.01. The van der Waals surface area contributed by atoms with Crippen LogP contribution in [-0.4, -0.2) is 31.6 Å². The van der Waals surface area contributed by atoms with Crippen molar-refractivity contribution in [1.82, 2.24) is 4.90 Å². The summed E-state index contributed by atoms with van der Waals surface area (Å²) in [6.45, 7) is 5.33. The number of ether oxygens (including phenoxy) is 1. The third-order valence-corrected chi connectivity index (χ3v) is 4.82. The van der Waals surface area contributed by atoms with E-state index in [0.29, 0.717) is 5.41 Å². The highest BCUT2D eigenvalue weighted by Crippen LogP contribution is 2.39. The van der Waals surface area contributed by atoms with E-state index in [2.05, 4.69) is 73.5 Å². The Hall–Kier alpha value is -1.80. The topological polar surface area (TPSA) is 12.5 Å². The first-order valence-electron chi connectivity index (χ1n) is 8.68. The maximum atomic E-state index is 6.01. The summed E-state index contributed by atoms with van der Waals surface area (Å²) in [5, 5.41) is 0. The summed E-state index contributed by atoms with van der Waals surface area (Å²) in [5.41, 5.74) is 3.10. The predicted octanol–water partition coefficient (Wildman–Crippen LogP) is 4.29. The molecule has 0 aliphatic carbocycles. The summed E-state index contributed by atoms with van der Waals surface area (Å²) in [6, 6.07) is 19.3. The van der Waals surface area contributed by atoms with Gasteiger partial charge in [-0.25, -0.2) is 0 Å². The second-order valence-corrected chi connectivity index (χ2v) is 6.81. The fourth-order valence-electron chi connectivity index (χ4n) is 3.80. The quantitative estimate of drug-likeness (QED) is 0.756. The van der Waals surface area contributed by atoms with Crippen LogP contribution in [0.3, 0.4) is 0 Å². The van der Waals surface area contributed by atoms with Crippen LogP contribution in [0, 0.1) is 0 Å². The molecular weight excluding hydrogens is 282 g/mol. The van der Waals surface area contributed by atoms with E-state index >= 15 is 0 Å². The molecule has 1 saturated heterocycles. The number of rotatable bonds is 7. The van der Waals surface area contributed by atoms with Crippen LogP contribution in [0.1, 0.15) is 30.9 Å². The van der Waals surface area contributed by atoms with Gasteiger partial charge in [0.2, 0.25) is 0 Å². The number of likely N-dealkylation sites (tertiary alicyclic amines) is 1. The van der Waals surface area contributed by atoms with Crippen LogP contribution in [0.4, 0.5) is 0 Å². The standard InChI is InChI=1S/C21H27NO/c1-3-13-21(16-22(2)17-21)19-10-7-11-20(15-19)23-14-12-18-8-5-4-6-9-18/h4-11,15H,3,12-14,16-17H2,1-2H3. The minimum atomic E-state index is 0.336. The molecule has 3 rings (SSSR count). The Kier molecular flexibility index (Phi) is 5.02. The second-order valence-electron chi connectivity index (χ2n) is 6.81. The van der Waals surface area contributed by atoms with Crippen LogP contribution < -0.4 is 4.74 Å². The SMILES string of the molecule is CCCC1(c2cccc(OCCc3ccccc3)c2)CN(C)C1. The smallest absolute Gasteiger partial charge is 0.119 e. The summed E-state index contributed by atoms with van der Waals surface area (Å²) in [6.07, 6.45) is 3.44. The molecule has 2 aromatic rings. The molecule has 0 unspecified atom stereocenters. The second kappa shape index (κ2) is 7.18. The molecule has 2 heteroatoms. The van der Waals surface area contributed by atoms with Crippen molar-refractivity contribution in [3.8, 4) is 5.75 Å². The van der Waals surface area contributed by atoms with Crippen LogP contribution in [0.5, 0.6) is 5.75 Å². The van der Waals surface area contributed by atoms with Crippen LogP contribution in [0.2, 0.25) is 0 Å². The highest BCUT2D eigenvalue weighted by Gasteiger charge is 2.41. The molecule has 23 heavy (non-hydrogen) atoms. The molecule has 1 aliphatic heterocycles. The van der Waals surface area contributed by atoms with Gasteiger partial charge in [0.15, 0.2) is 0 Å². The van der Waals surface area contributed by atoms with Crippen molar-refractivity contribution in [3.05, 3.63) is 65.7 Å². The zero-order valence-corrected chi connectivity index (χ0v) is 14.3. The van der Waals surface area contributed by atoms with Crippen molar-refractivity contribution < 1.29 is 4.74 Å². The molecule has 0 spiro atoms. The molecule has 1 fully saturated rings. The van der Waals surface area contributed by atoms with Gasteiger partial charge < -0.3 is 9.64 Å². The normalized spacial score (nSPS) is 16.8. The van der Waals surface area contributed by atoms with E-state index in [9.17, 15) is 0 Å². The van der Waals surface area contributed by atoms with Crippen LogP contribution in [0.15, 0.2) is 54.6 Å². The van der Waals surface area contributed by atoms with E-state index < -0.39 is 0 Å². The van der Waals surface area contributed by atoms with E-state index in [1.54, 1.807) is 0 Å². The number of hydrogen-bond acceptors (Lipinski definition) is 2. The van der Waals surface area contributed by atoms with Crippen molar-refractivity contribution in [2.24, 2.45) is 0 Å². The molecule has 2 nitrogen and oxygen atoms in total. The third-order valence-electron chi connectivity index (χ3n) is 4.82. The third kappa shape index (κ3) is 3.76. The molecule has 0 atom stereocenters. The van der Waals surface area contributed by atoms with Crippen molar-refractivity contribution in [3.63, 3.8) is 0 Å². The molecule has 122 valence electrons. The van der Waals surface area contributed by atoms with Gasteiger partial charge in [-0.05, 0) is 36.7 Å². The lowest BCUT2D eigenvalue weighted by Gasteiger charge is -2.49. The average Bonchev–Trinajstić information content (AvgIpc) is 2.55. The monoisotopic (exact) mass is 309 g/mol. The Morgan fingerprint density at radius 3 is 2.52 bits per heavy atom. The van der Waals surface area contributed by atoms with Gasteiger partial charge in [0, 0.05) is 24.9 Å². The molecule has 0 aromatic heterocycles. The van der Waals surface area contributed by atoms with Crippen LogP contribution >= 0.6 is 0 Å². The minimum Gasteiger partial charge on any atom is -0.493 e. The Bertz CT molecular complexity index is 611. The summed E-state index contributed by atoms with van der Waals surface area (Å²) in [4.78, 5) is 2.40. The number of hydrogen-bond donors (Lipinski definition) is 0. The molecule has 0 radical (unpaired) electrons. The van der Waals surface area contributed by atoms with Crippen LogP contribution in [-0.2, 0) is 11.8 Å². The Morgan fingerprint density at radius 2 is 1.83 bits per heavy atom. The largest absolute Gasteiger partial charge is 0.493 e. The van der Waals surface area contributed by atoms with Crippen molar-refractivity contribution in [1.29, 1.82) is 0 Å². The molecule has 0 N–H and O–H groups in total. The van der Waals surface area contributed by atoms with E-state index in [-0.39, 0.29) is 0 Å². The molecular formula is C21H27NO. The van der Waals surface area contributed by atoms with E-state index in [1.165, 1.54) is 24.0 Å². The van der Waals surface area contributed by atoms with E-state index in [0.717, 1.165) is 31.9 Å². The summed E-state index contributed by atoms with van der Waals surface area (Å²) in [5.74, 6) is 1.00. The zero-order valence-electron chi connectivity index (χ0n) is 14.3. The Labute approximate surface area is 140 Å². The van der Waals surface area contributed by atoms with Gasteiger partial charge in [0.25, 0.3) is 0 Å². The van der Waals surface area contributed by atoms with Gasteiger partial charge in [-0.1, -0.05) is 55.8 Å². The molecule has 2 aromatic carbocycles. The van der Waals surface area contributed by atoms with E-state index in [1.807, 2.05) is 0 Å². The molecule has 1 heterocycles. The van der Waals surface area contributed by atoms with Gasteiger partial charge in [0.05, 0.1) is 6.61 Å². The number of benzene rings is 2. The molecule has 0 saturated carbocycles. The lowest BCUT2D eigenvalue weighted by molar-refractivity contribution is 0.0845. The molecule has 1 aliphatic rings. The van der Waals surface area contributed by atoms with Gasteiger partial charge in [-0.3, -0.25) is 0 Å². The number of likely N-dealkylation sites (N-methyl/N-ethyl adjacent to an activating group) is 1. The lowest BCUT2D eigenvalue weighted by Crippen LogP contribution is -2.57. The lowest BCUT2D eigenvalue weighted by atomic mass is 9.71. The zero-order chi connectivity index (χ0) is 16.1. The number of nitrogens with zero attached hydrogens (tertiary/aromatic N) is 1. The first-order valence-corrected chi connectivity index (χ1v) is 8.68. The highest BCUT2D eigenvalue weighted by molar-refractivity contribution is 5.36. The van der Waals surface area contributed by atoms with Gasteiger partial charge in [0.1, 0.15) is 5.75 Å². The van der Waals surface area contributed by atoms with E-state index in [4.69, 9.17) is 4.74 Å². The van der Waals surface area contributed by atoms with Gasteiger partial charge >= 0.3 is 0 Å².